The van der Waals surface area contributed by atoms with Gasteiger partial charge in [0.05, 0.1) is 5.38 Å². The highest BCUT2D eigenvalue weighted by Gasteiger charge is 2.12. The molecular weight excluding hydrogens is 359 g/mol. The largest absolute Gasteiger partial charge is 0.478 e. The van der Waals surface area contributed by atoms with E-state index in [2.05, 4.69) is 34.1 Å². The van der Waals surface area contributed by atoms with Gasteiger partial charge in [-0.3, -0.25) is 0 Å². The molecule has 0 heterocycles. The lowest BCUT2D eigenvalue weighted by Crippen LogP contribution is -2.17. The van der Waals surface area contributed by atoms with Gasteiger partial charge >= 0.3 is 0 Å². The van der Waals surface area contributed by atoms with Gasteiger partial charge in [0.25, 0.3) is 0 Å². The molecule has 2 rings (SSSR count). The van der Waals surface area contributed by atoms with Crippen molar-refractivity contribution in [2.75, 3.05) is 0 Å². The Labute approximate surface area is 138 Å². The van der Waals surface area contributed by atoms with Crippen LogP contribution in [0.2, 0.25) is 5.02 Å². The van der Waals surface area contributed by atoms with Gasteiger partial charge in [-0.05, 0) is 64.7 Å². The van der Waals surface area contributed by atoms with Crippen molar-refractivity contribution in [3.05, 3.63) is 64.7 Å². The van der Waals surface area contributed by atoms with Crippen LogP contribution in [0.25, 0.3) is 0 Å². The Bertz CT molecular complexity index is 555. The first-order valence-corrected chi connectivity index (χ1v) is 8.06. The molecule has 0 aromatic heterocycles. The molecule has 0 fully saturated rings. The Hall–Kier alpha value is -0.700. The van der Waals surface area contributed by atoms with Crippen LogP contribution in [0.1, 0.15) is 18.1 Å². The number of halogens is 3. The van der Waals surface area contributed by atoms with Crippen molar-refractivity contribution in [1.82, 2.24) is 0 Å². The maximum absolute atomic E-state index is 5.99. The molecule has 0 N–H and O–H groups in total. The first-order valence-electron chi connectivity index (χ1n) is 6.33. The van der Waals surface area contributed by atoms with Gasteiger partial charge in [0, 0.05) is 5.02 Å². The Balaban J connectivity index is 2.01. The predicted molar refractivity (Wildman–Crippen MR) is 89.4 cm³/mol. The fourth-order valence-corrected chi connectivity index (χ4v) is 2.27. The van der Waals surface area contributed by atoms with Crippen molar-refractivity contribution in [3.63, 3.8) is 0 Å². The minimum atomic E-state index is -0.192. The fourth-order valence-electron chi connectivity index (χ4n) is 1.79. The van der Waals surface area contributed by atoms with E-state index >= 15 is 0 Å². The van der Waals surface area contributed by atoms with E-state index in [1.165, 1.54) is 11.1 Å². The highest BCUT2D eigenvalue weighted by atomic mass is 79.9. The first kappa shape index (κ1) is 15.7. The van der Waals surface area contributed by atoms with Gasteiger partial charge in [0.15, 0.2) is 5.01 Å². The van der Waals surface area contributed by atoms with Crippen molar-refractivity contribution >= 4 is 39.1 Å². The maximum Gasteiger partial charge on any atom is 0.169 e. The van der Waals surface area contributed by atoms with Crippen LogP contribution in [0.15, 0.2) is 48.5 Å². The molecule has 20 heavy (non-hydrogen) atoms. The van der Waals surface area contributed by atoms with E-state index < -0.39 is 0 Å². The monoisotopic (exact) mass is 372 g/mol. The molecule has 0 radical (unpaired) electrons. The third kappa shape index (κ3) is 4.69. The van der Waals surface area contributed by atoms with Crippen LogP contribution in [0.3, 0.4) is 0 Å². The van der Waals surface area contributed by atoms with Crippen LogP contribution in [0.4, 0.5) is 0 Å². The molecule has 2 aromatic rings. The molecule has 2 atom stereocenters. The number of hydrogen-bond acceptors (Lipinski definition) is 1. The molecule has 0 spiro atoms. The quantitative estimate of drug-likeness (QED) is 0.614. The summed E-state index contributed by atoms with van der Waals surface area (Å²) >= 11 is 15.3. The highest BCUT2D eigenvalue weighted by Crippen LogP contribution is 2.21. The normalized spacial score (nSPS) is 13.8. The number of ether oxygens (including phenoxy) is 1. The molecule has 2 aromatic carbocycles. The summed E-state index contributed by atoms with van der Waals surface area (Å²) in [4.78, 5) is 0. The molecule has 0 aliphatic carbocycles. The topological polar surface area (TPSA) is 9.23 Å². The van der Waals surface area contributed by atoms with Crippen molar-refractivity contribution in [2.45, 2.75) is 23.7 Å². The van der Waals surface area contributed by atoms with Gasteiger partial charge in [0.1, 0.15) is 5.75 Å². The molecular formula is C16H15BrCl2O. The molecule has 0 saturated carbocycles. The summed E-state index contributed by atoms with van der Waals surface area (Å²) in [7, 11) is 0. The molecule has 0 saturated heterocycles. The number of benzene rings is 2. The zero-order chi connectivity index (χ0) is 14.5. The van der Waals surface area contributed by atoms with Crippen LogP contribution in [-0.4, -0.2) is 10.4 Å². The van der Waals surface area contributed by atoms with E-state index in [1.54, 1.807) is 0 Å². The second-order valence-corrected chi connectivity index (χ2v) is 6.62. The van der Waals surface area contributed by atoms with Crippen molar-refractivity contribution < 1.29 is 4.74 Å². The first-order chi connectivity index (χ1) is 9.54. The van der Waals surface area contributed by atoms with Gasteiger partial charge in [0.2, 0.25) is 0 Å². The lowest BCUT2D eigenvalue weighted by Gasteiger charge is -2.15. The van der Waals surface area contributed by atoms with Crippen LogP contribution >= 0.6 is 39.1 Å². The van der Waals surface area contributed by atoms with E-state index in [9.17, 15) is 0 Å². The van der Waals surface area contributed by atoms with E-state index in [1.807, 2.05) is 37.3 Å². The Morgan fingerprint density at radius 2 is 1.80 bits per heavy atom. The van der Waals surface area contributed by atoms with E-state index in [0.717, 1.165) is 17.2 Å². The molecule has 106 valence electrons. The third-order valence-corrected chi connectivity index (χ3v) is 4.58. The van der Waals surface area contributed by atoms with Crippen LogP contribution < -0.4 is 4.74 Å². The lowest BCUT2D eigenvalue weighted by atomic mass is 10.1. The fraction of sp³-hybridized carbons (Fsp3) is 0.250. The van der Waals surface area contributed by atoms with Gasteiger partial charge in [-0.2, -0.15) is 0 Å². The predicted octanol–water partition coefficient (Wildman–Crippen LogP) is 5.66. The molecule has 4 heteroatoms. The third-order valence-electron chi connectivity index (χ3n) is 2.83. The minimum Gasteiger partial charge on any atom is -0.478 e. The molecule has 1 nitrogen and oxygen atoms in total. The van der Waals surface area contributed by atoms with Crippen LogP contribution in [-0.2, 0) is 6.42 Å². The van der Waals surface area contributed by atoms with Crippen LogP contribution in [0.5, 0.6) is 5.75 Å². The Morgan fingerprint density at radius 1 is 1.10 bits per heavy atom. The molecule has 0 aliphatic rings. The van der Waals surface area contributed by atoms with E-state index in [0.29, 0.717) is 0 Å². The van der Waals surface area contributed by atoms with E-state index in [-0.39, 0.29) is 10.4 Å². The summed E-state index contributed by atoms with van der Waals surface area (Å²) in [5.41, 5.74) is 2.41. The zero-order valence-electron chi connectivity index (χ0n) is 11.0. The second-order valence-electron chi connectivity index (χ2n) is 4.60. The molecule has 0 amide bonds. The summed E-state index contributed by atoms with van der Waals surface area (Å²) in [6.45, 7) is 1.88. The van der Waals surface area contributed by atoms with Gasteiger partial charge in [-0.15, -0.1) is 11.6 Å². The standard InChI is InChI=1S/C16H15BrCl2O/c1-11(18)16(17)20-15-7-5-12(6-8-15)9-13-3-2-4-14(19)10-13/h2-8,10-11,16H,9H2,1H3. The summed E-state index contributed by atoms with van der Waals surface area (Å²) in [6, 6.07) is 15.9. The summed E-state index contributed by atoms with van der Waals surface area (Å²) in [5.74, 6) is 0.800. The SMILES string of the molecule is CC(Cl)C(Br)Oc1ccc(Cc2cccc(Cl)c2)cc1. The average molecular weight is 374 g/mol. The van der Waals surface area contributed by atoms with E-state index in [4.69, 9.17) is 27.9 Å². The zero-order valence-corrected chi connectivity index (χ0v) is 14.1. The average Bonchev–Trinajstić information content (AvgIpc) is 2.41. The lowest BCUT2D eigenvalue weighted by molar-refractivity contribution is 0.293. The smallest absolute Gasteiger partial charge is 0.169 e. The molecule has 0 bridgehead atoms. The van der Waals surface area contributed by atoms with Crippen molar-refractivity contribution in [2.24, 2.45) is 0 Å². The molecule has 0 aliphatic heterocycles. The van der Waals surface area contributed by atoms with Crippen LogP contribution in [0, 0.1) is 0 Å². The Morgan fingerprint density at radius 3 is 2.40 bits per heavy atom. The van der Waals surface area contributed by atoms with Crippen molar-refractivity contribution in [1.29, 1.82) is 0 Å². The summed E-state index contributed by atoms with van der Waals surface area (Å²) < 4.78 is 5.66. The Kier molecular flexibility index (Phi) is 5.76. The van der Waals surface area contributed by atoms with Crippen molar-refractivity contribution in [3.8, 4) is 5.75 Å². The maximum atomic E-state index is 5.99. The van der Waals surface area contributed by atoms with Gasteiger partial charge in [-0.1, -0.05) is 35.9 Å². The number of rotatable bonds is 5. The highest BCUT2D eigenvalue weighted by molar-refractivity contribution is 9.09. The van der Waals surface area contributed by atoms with Gasteiger partial charge in [-0.25, -0.2) is 0 Å². The summed E-state index contributed by atoms with van der Waals surface area (Å²) in [6.07, 6.45) is 0.852. The number of hydrogen-bond donors (Lipinski definition) is 0. The molecule has 2 unspecified atom stereocenters. The number of alkyl halides is 2. The van der Waals surface area contributed by atoms with Gasteiger partial charge < -0.3 is 4.74 Å². The minimum absolute atomic E-state index is 0.0962. The summed E-state index contributed by atoms with van der Waals surface area (Å²) in [5, 5.41) is 0.477. The second kappa shape index (κ2) is 7.35.